The zero-order valence-electron chi connectivity index (χ0n) is 9.57. The van der Waals surface area contributed by atoms with Gasteiger partial charge in [-0.3, -0.25) is 4.57 Å². The zero-order valence-corrected chi connectivity index (χ0v) is 12.5. The molecular weight excluding hydrogens is 380 g/mol. The van der Waals surface area contributed by atoms with E-state index >= 15 is 0 Å². The standard InChI is InChI=1S/C13H8ClFIN3/c14-9-5-12-11(6-10(9)15)18-13(17)19(12)8-3-1-2-7(16)4-8/h1-6H,(H2,17,18). The van der Waals surface area contributed by atoms with Crippen LogP contribution in [0, 0.1) is 9.39 Å². The second-order valence-electron chi connectivity index (χ2n) is 4.04. The van der Waals surface area contributed by atoms with Gasteiger partial charge in [-0.15, -0.1) is 0 Å². The SMILES string of the molecule is Nc1nc2cc(F)c(Cl)cc2n1-c1cccc(I)c1. The predicted molar refractivity (Wildman–Crippen MR) is 83.2 cm³/mol. The van der Waals surface area contributed by atoms with E-state index < -0.39 is 5.82 Å². The molecule has 0 unspecified atom stereocenters. The molecule has 0 saturated carbocycles. The lowest BCUT2D eigenvalue weighted by atomic mass is 10.2. The van der Waals surface area contributed by atoms with E-state index in [2.05, 4.69) is 27.6 Å². The highest BCUT2D eigenvalue weighted by molar-refractivity contribution is 14.1. The van der Waals surface area contributed by atoms with Gasteiger partial charge >= 0.3 is 0 Å². The van der Waals surface area contributed by atoms with Gasteiger partial charge in [0.05, 0.1) is 21.7 Å². The summed E-state index contributed by atoms with van der Waals surface area (Å²) in [5.74, 6) is -0.194. The van der Waals surface area contributed by atoms with Crippen molar-refractivity contribution < 1.29 is 4.39 Å². The minimum atomic E-state index is -0.499. The molecule has 0 atom stereocenters. The summed E-state index contributed by atoms with van der Waals surface area (Å²) < 4.78 is 16.3. The largest absolute Gasteiger partial charge is 0.369 e. The third-order valence-corrected chi connectivity index (χ3v) is 3.75. The molecular formula is C13H8ClFIN3. The van der Waals surface area contributed by atoms with E-state index in [-0.39, 0.29) is 5.02 Å². The van der Waals surface area contributed by atoms with Crippen molar-refractivity contribution in [2.75, 3.05) is 5.73 Å². The highest BCUT2D eigenvalue weighted by atomic mass is 127. The molecule has 0 aliphatic heterocycles. The van der Waals surface area contributed by atoms with Crippen molar-refractivity contribution in [1.29, 1.82) is 0 Å². The van der Waals surface area contributed by atoms with Gasteiger partial charge in [-0.25, -0.2) is 9.37 Å². The van der Waals surface area contributed by atoms with Crippen LogP contribution < -0.4 is 5.73 Å². The number of nitrogen functional groups attached to an aromatic ring is 1. The summed E-state index contributed by atoms with van der Waals surface area (Å²) in [6, 6.07) is 10.6. The molecule has 96 valence electrons. The maximum Gasteiger partial charge on any atom is 0.205 e. The minimum absolute atomic E-state index is 0.0549. The van der Waals surface area contributed by atoms with E-state index in [0.29, 0.717) is 17.0 Å². The molecule has 0 radical (unpaired) electrons. The first-order valence-corrected chi connectivity index (χ1v) is 6.91. The Morgan fingerprint density at radius 1 is 1.26 bits per heavy atom. The Labute approximate surface area is 127 Å². The molecule has 19 heavy (non-hydrogen) atoms. The maximum atomic E-state index is 13.4. The van der Waals surface area contributed by atoms with Crippen LogP contribution >= 0.6 is 34.2 Å². The Hall–Kier alpha value is -1.34. The first-order chi connectivity index (χ1) is 9.06. The fraction of sp³-hybridized carbons (Fsp3) is 0. The summed E-state index contributed by atoms with van der Waals surface area (Å²) in [5.41, 5.74) is 7.96. The number of imidazole rings is 1. The Bertz CT molecular complexity index is 785. The van der Waals surface area contributed by atoms with Crippen molar-refractivity contribution in [3.05, 3.63) is 50.8 Å². The smallest absolute Gasteiger partial charge is 0.205 e. The molecule has 0 aliphatic rings. The van der Waals surface area contributed by atoms with Crippen LogP contribution in [0.1, 0.15) is 0 Å². The number of nitrogens with zero attached hydrogens (tertiary/aromatic N) is 2. The summed E-state index contributed by atoms with van der Waals surface area (Å²) >= 11 is 8.05. The summed E-state index contributed by atoms with van der Waals surface area (Å²) in [4.78, 5) is 4.16. The average molecular weight is 388 g/mol. The fourth-order valence-electron chi connectivity index (χ4n) is 1.98. The topological polar surface area (TPSA) is 43.8 Å². The maximum absolute atomic E-state index is 13.4. The van der Waals surface area contributed by atoms with Gasteiger partial charge in [-0.1, -0.05) is 17.7 Å². The van der Waals surface area contributed by atoms with Gasteiger partial charge in [0.25, 0.3) is 0 Å². The van der Waals surface area contributed by atoms with Gasteiger partial charge in [0.15, 0.2) is 0 Å². The molecule has 0 bridgehead atoms. The molecule has 6 heteroatoms. The lowest BCUT2D eigenvalue weighted by molar-refractivity contribution is 0.630. The van der Waals surface area contributed by atoms with Crippen LogP contribution in [0.15, 0.2) is 36.4 Å². The number of rotatable bonds is 1. The van der Waals surface area contributed by atoms with Crippen molar-refractivity contribution in [3.8, 4) is 5.69 Å². The van der Waals surface area contributed by atoms with Crippen LogP contribution in [0.3, 0.4) is 0 Å². The average Bonchev–Trinajstić information content (AvgIpc) is 2.65. The minimum Gasteiger partial charge on any atom is -0.369 e. The highest BCUT2D eigenvalue weighted by Gasteiger charge is 2.13. The van der Waals surface area contributed by atoms with Crippen LogP contribution in [-0.2, 0) is 0 Å². The number of benzene rings is 2. The van der Waals surface area contributed by atoms with Crippen LogP contribution in [0.4, 0.5) is 10.3 Å². The van der Waals surface area contributed by atoms with Crippen molar-refractivity contribution in [2.45, 2.75) is 0 Å². The summed E-state index contributed by atoms with van der Waals surface area (Å²) in [6.45, 7) is 0. The van der Waals surface area contributed by atoms with Crippen molar-refractivity contribution in [3.63, 3.8) is 0 Å². The Kier molecular flexibility index (Phi) is 3.10. The molecule has 0 aliphatic carbocycles. The highest BCUT2D eigenvalue weighted by Crippen LogP contribution is 2.28. The zero-order chi connectivity index (χ0) is 13.6. The van der Waals surface area contributed by atoms with Gasteiger partial charge in [0.2, 0.25) is 5.95 Å². The number of anilines is 1. The molecule has 0 amide bonds. The Balaban J connectivity index is 2.34. The lowest BCUT2D eigenvalue weighted by Crippen LogP contribution is -2.00. The van der Waals surface area contributed by atoms with Crippen molar-refractivity contribution in [2.24, 2.45) is 0 Å². The monoisotopic (exact) mass is 387 g/mol. The van der Waals surface area contributed by atoms with E-state index in [1.807, 2.05) is 24.3 Å². The number of halogens is 3. The number of fused-ring (bicyclic) bond motifs is 1. The number of nitrogens with two attached hydrogens (primary N) is 1. The van der Waals surface area contributed by atoms with Crippen LogP contribution in [0.2, 0.25) is 5.02 Å². The van der Waals surface area contributed by atoms with Crippen LogP contribution in [0.5, 0.6) is 0 Å². The van der Waals surface area contributed by atoms with E-state index in [1.165, 1.54) is 12.1 Å². The first-order valence-electron chi connectivity index (χ1n) is 5.45. The van der Waals surface area contributed by atoms with E-state index in [4.69, 9.17) is 17.3 Å². The molecule has 0 fully saturated rings. The second-order valence-corrected chi connectivity index (χ2v) is 5.69. The molecule has 3 aromatic rings. The summed E-state index contributed by atoms with van der Waals surface area (Å²) in [6.07, 6.45) is 0. The Morgan fingerprint density at radius 3 is 2.79 bits per heavy atom. The number of aromatic nitrogens is 2. The van der Waals surface area contributed by atoms with Gasteiger partial charge < -0.3 is 5.73 Å². The fourth-order valence-corrected chi connectivity index (χ4v) is 2.66. The summed E-state index contributed by atoms with van der Waals surface area (Å²) in [7, 11) is 0. The van der Waals surface area contributed by atoms with E-state index in [0.717, 1.165) is 9.26 Å². The molecule has 1 heterocycles. The van der Waals surface area contributed by atoms with Crippen molar-refractivity contribution >= 4 is 51.2 Å². The third-order valence-electron chi connectivity index (χ3n) is 2.79. The molecule has 2 aromatic carbocycles. The van der Waals surface area contributed by atoms with Crippen LogP contribution in [0.25, 0.3) is 16.7 Å². The van der Waals surface area contributed by atoms with Gasteiger partial charge in [-0.05, 0) is 46.9 Å². The summed E-state index contributed by atoms with van der Waals surface area (Å²) in [5, 5.41) is 0.0549. The van der Waals surface area contributed by atoms with E-state index in [9.17, 15) is 4.39 Å². The third kappa shape index (κ3) is 2.17. The quantitative estimate of drug-likeness (QED) is 0.641. The van der Waals surface area contributed by atoms with E-state index in [1.54, 1.807) is 4.57 Å². The first kappa shape index (κ1) is 12.7. The Morgan fingerprint density at radius 2 is 2.05 bits per heavy atom. The van der Waals surface area contributed by atoms with Gasteiger partial charge in [0, 0.05) is 9.64 Å². The van der Waals surface area contributed by atoms with Crippen LogP contribution in [-0.4, -0.2) is 9.55 Å². The molecule has 0 saturated heterocycles. The molecule has 2 N–H and O–H groups in total. The normalized spacial score (nSPS) is 11.1. The number of hydrogen-bond donors (Lipinski definition) is 1. The predicted octanol–water partition coefficient (Wildman–Crippen LogP) is 4.00. The molecule has 0 spiro atoms. The number of hydrogen-bond acceptors (Lipinski definition) is 2. The van der Waals surface area contributed by atoms with Crippen molar-refractivity contribution in [1.82, 2.24) is 9.55 Å². The van der Waals surface area contributed by atoms with Gasteiger partial charge in [-0.2, -0.15) is 0 Å². The van der Waals surface area contributed by atoms with Gasteiger partial charge in [0.1, 0.15) is 5.82 Å². The second kappa shape index (κ2) is 4.64. The molecule has 1 aromatic heterocycles. The molecule has 3 rings (SSSR count). The lowest BCUT2D eigenvalue weighted by Gasteiger charge is -2.07. The molecule has 3 nitrogen and oxygen atoms in total.